The molecule has 4 rings (SSSR count). The molecule has 0 saturated carbocycles. The first-order valence-corrected chi connectivity index (χ1v) is 8.44. The summed E-state index contributed by atoms with van der Waals surface area (Å²) >= 11 is 3.82. The Morgan fingerprint density at radius 1 is 1.15 bits per heavy atom. The number of halogens is 1. The highest BCUT2D eigenvalue weighted by Crippen LogP contribution is 2.39. The Morgan fingerprint density at radius 2 is 1.95 bits per heavy atom. The lowest BCUT2D eigenvalue weighted by Crippen LogP contribution is -2.42. The predicted octanol–water partition coefficient (Wildman–Crippen LogP) is 4.13. The van der Waals surface area contributed by atoms with Crippen LogP contribution in [0.15, 0.2) is 36.5 Å². The molecule has 3 heteroatoms. The van der Waals surface area contributed by atoms with Crippen molar-refractivity contribution in [1.29, 1.82) is 0 Å². The number of aromatic nitrogens is 1. The summed E-state index contributed by atoms with van der Waals surface area (Å²) in [6, 6.07) is 12.4. The number of rotatable bonds is 2. The van der Waals surface area contributed by atoms with Crippen LogP contribution in [0.5, 0.6) is 0 Å². The molecule has 2 aliphatic heterocycles. The minimum Gasteiger partial charge on any atom is -0.293 e. The van der Waals surface area contributed by atoms with Crippen molar-refractivity contribution >= 4 is 26.8 Å². The molecule has 2 aromatic rings. The third-order valence-corrected chi connectivity index (χ3v) is 5.61. The van der Waals surface area contributed by atoms with Gasteiger partial charge in [0, 0.05) is 35.0 Å². The molecule has 0 N–H and O–H groups in total. The molecule has 1 aromatic heterocycles. The Kier molecular flexibility index (Phi) is 3.27. The van der Waals surface area contributed by atoms with Crippen molar-refractivity contribution in [2.24, 2.45) is 0 Å². The zero-order valence-electron chi connectivity index (χ0n) is 11.5. The van der Waals surface area contributed by atoms with Crippen LogP contribution in [-0.4, -0.2) is 26.8 Å². The third-order valence-electron chi connectivity index (χ3n) is 4.86. The fourth-order valence-corrected chi connectivity index (χ4v) is 4.76. The van der Waals surface area contributed by atoms with Gasteiger partial charge in [0.25, 0.3) is 0 Å². The van der Waals surface area contributed by atoms with Gasteiger partial charge < -0.3 is 0 Å². The standard InChI is InChI=1S/C17H19BrN2/c18-14-9-15-4-5-16(10-14)20(15)11-12-3-6-17-13(8-12)2-1-7-19-17/h1-3,6-8,14-16H,4-5,9-11H2. The zero-order valence-corrected chi connectivity index (χ0v) is 13.1. The minimum atomic E-state index is 0.733. The van der Waals surface area contributed by atoms with Gasteiger partial charge in [-0.1, -0.05) is 28.1 Å². The van der Waals surface area contributed by atoms with E-state index in [0.717, 1.165) is 29.0 Å². The zero-order chi connectivity index (χ0) is 13.5. The van der Waals surface area contributed by atoms with Crippen LogP contribution in [0.2, 0.25) is 0 Å². The van der Waals surface area contributed by atoms with Crippen molar-refractivity contribution in [3.8, 4) is 0 Å². The van der Waals surface area contributed by atoms with E-state index in [4.69, 9.17) is 0 Å². The van der Waals surface area contributed by atoms with E-state index in [1.807, 2.05) is 12.3 Å². The molecule has 0 amide bonds. The molecule has 3 heterocycles. The van der Waals surface area contributed by atoms with Crippen LogP contribution in [0, 0.1) is 0 Å². The molecule has 2 bridgehead atoms. The molecule has 0 spiro atoms. The molecular formula is C17H19BrN2. The van der Waals surface area contributed by atoms with Crippen LogP contribution in [0.4, 0.5) is 0 Å². The van der Waals surface area contributed by atoms with Crippen molar-refractivity contribution in [2.75, 3.05) is 0 Å². The molecule has 0 radical (unpaired) electrons. The van der Waals surface area contributed by atoms with Gasteiger partial charge in [-0.2, -0.15) is 0 Å². The van der Waals surface area contributed by atoms with Gasteiger partial charge in [-0.15, -0.1) is 0 Å². The normalized spacial score (nSPS) is 29.9. The summed E-state index contributed by atoms with van der Waals surface area (Å²) in [6.45, 7) is 1.10. The minimum absolute atomic E-state index is 0.733. The van der Waals surface area contributed by atoms with E-state index < -0.39 is 0 Å². The Balaban J connectivity index is 1.58. The van der Waals surface area contributed by atoms with Gasteiger partial charge in [-0.05, 0) is 49.4 Å². The second-order valence-corrected chi connectivity index (χ2v) is 7.45. The van der Waals surface area contributed by atoms with Crippen LogP contribution in [-0.2, 0) is 6.54 Å². The van der Waals surface area contributed by atoms with Crippen molar-refractivity contribution < 1.29 is 0 Å². The number of pyridine rings is 1. The fraction of sp³-hybridized carbons (Fsp3) is 0.471. The van der Waals surface area contributed by atoms with Crippen LogP contribution in [0.3, 0.4) is 0 Å². The van der Waals surface area contributed by atoms with E-state index in [1.165, 1.54) is 36.6 Å². The number of hydrogen-bond acceptors (Lipinski definition) is 2. The van der Waals surface area contributed by atoms with Crippen LogP contribution in [0.25, 0.3) is 10.9 Å². The highest BCUT2D eigenvalue weighted by atomic mass is 79.9. The number of fused-ring (bicyclic) bond motifs is 3. The number of nitrogens with zero attached hydrogens (tertiary/aromatic N) is 2. The fourth-order valence-electron chi connectivity index (χ4n) is 3.90. The molecule has 0 aliphatic carbocycles. The summed E-state index contributed by atoms with van der Waals surface area (Å²) in [5.41, 5.74) is 2.52. The summed E-state index contributed by atoms with van der Waals surface area (Å²) < 4.78 is 0. The first-order chi connectivity index (χ1) is 9.79. The van der Waals surface area contributed by atoms with Crippen molar-refractivity contribution in [1.82, 2.24) is 9.88 Å². The summed E-state index contributed by atoms with van der Waals surface area (Å²) in [4.78, 5) is 7.87. The Morgan fingerprint density at radius 3 is 2.75 bits per heavy atom. The molecule has 2 nitrogen and oxygen atoms in total. The quantitative estimate of drug-likeness (QED) is 0.770. The predicted molar refractivity (Wildman–Crippen MR) is 86.0 cm³/mol. The number of alkyl halides is 1. The number of hydrogen-bond donors (Lipinski definition) is 0. The highest BCUT2D eigenvalue weighted by molar-refractivity contribution is 9.09. The maximum absolute atomic E-state index is 4.40. The second kappa shape index (κ2) is 5.12. The average molecular weight is 331 g/mol. The summed E-state index contributed by atoms with van der Waals surface area (Å²) in [7, 11) is 0. The Labute approximate surface area is 128 Å². The monoisotopic (exact) mass is 330 g/mol. The van der Waals surface area contributed by atoms with Crippen LogP contribution < -0.4 is 0 Å². The molecule has 2 atom stereocenters. The lowest BCUT2D eigenvalue weighted by atomic mass is 10.0. The van der Waals surface area contributed by atoms with Crippen molar-refractivity contribution in [2.45, 2.75) is 49.1 Å². The number of benzene rings is 1. The van der Waals surface area contributed by atoms with Gasteiger partial charge in [-0.25, -0.2) is 0 Å². The second-order valence-electron chi connectivity index (χ2n) is 6.16. The highest BCUT2D eigenvalue weighted by Gasteiger charge is 2.39. The van der Waals surface area contributed by atoms with E-state index in [-0.39, 0.29) is 0 Å². The smallest absolute Gasteiger partial charge is 0.0702 e. The summed E-state index contributed by atoms with van der Waals surface area (Å²) in [5, 5.41) is 1.26. The van der Waals surface area contributed by atoms with Gasteiger partial charge in [-0.3, -0.25) is 9.88 Å². The first kappa shape index (κ1) is 12.8. The molecule has 104 valence electrons. The molecule has 1 aromatic carbocycles. The van der Waals surface area contributed by atoms with E-state index in [2.05, 4.69) is 50.1 Å². The maximum Gasteiger partial charge on any atom is 0.0702 e. The summed E-state index contributed by atoms with van der Waals surface area (Å²) in [5.74, 6) is 0. The molecule has 2 unspecified atom stereocenters. The summed E-state index contributed by atoms with van der Waals surface area (Å²) in [6.07, 6.45) is 7.24. The van der Waals surface area contributed by atoms with E-state index in [1.54, 1.807) is 0 Å². The molecule has 2 saturated heterocycles. The largest absolute Gasteiger partial charge is 0.293 e. The lowest BCUT2D eigenvalue weighted by Gasteiger charge is -2.37. The molecule has 20 heavy (non-hydrogen) atoms. The molecule has 2 aliphatic rings. The SMILES string of the molecule is BrC1CC2CCC(C1)N2Cc1ccc2ncccc2c1. The van der Waals surface area contributed by atoms with Gasteiger partial charge in [0.1, 0.15) is 0 Å². The first-order valence-electron chi connectivity index (χ1n) is 7.53. The van der Waals surface area contributed by atoms with E-state index in [0.29, 0.717) is 0 Å². The van der Waals surface area contributed by atoms with Crippen LogP contribution >= 0.6 is 15.9 Å². The average Bonchev–Trinajstić information content (AvgIpc) is 2.70. The van der Waals surface area contributed by atoms with E-state index >= 15 is 0 Å². The Hall–Kier alpha value is -0.930. The van der Waals surface area contributed by atoms with Gasteiger partial charge >= 0.3 is 0 Å². The van der Waals surface area contributed by atoms with Gasteiger partial charge in [0.05, 0.1) is 5.52 Å². The number of piperidine rings is 1. The van der Waals surface area contributed by atoms with Gasteiger partial charge in [0.2, 0.25) is 0 Å². The Bertz CT molecular complexity index is 613. The van der Waals surface area contributed by atoms with Crippen molar-refractivity contribution in [3.63, 3.8) is 0 Å². The lowest BCUT2D eigenvalue weighted by molar-refractivity contribution is 0.137. The van der Waals surface area contributed by atoms with Crippen LogP contribution in [0.1, 0.15) is 31.2 Å². The molecular weight excluding hydrogens is 312 g/mol. The maximum atomic E-state index is 4.40. The third kappa shape index (κ3) is 2.27. The van der Waals surface area contributed by atoms with E-state index in [9.17, 15) is 0 Å². The van der Waals surface area contributed by atoms with Gasteiger partial charge in [0.15, 0.2) is 0 Å². The molecule has 2 fully saturated rings. The van der Waals surface area contributed by atoms with Crippen molar-refractivity contribution in [3.05, 3.63) is 42.1 Å². The topological polar surface area (TPSA) is 16.1 Å².